The van der Waals surface area contributed by atoms with Crippen molar-refractivity contribution in [2.45, 2.75) is 45.6 Å². The van der Waals surface area contributed by atoms with Gasteiger partial charge in [-0.05, 0) is 55.5 Å². The molecular weight excluding hydrogens is 465 g/mol. The van der Waals surface area contributed by atoms with Crippen LogP contribution < -0.4 is 10.6 Å². The smallest absolute Gasteiger partial charge is 0.336 e. The summed E-state index contributed by atoms with van der Waals surface area (Å²) >= 11 is 0. The normalized spacial score (nSPS) is 15.2. The first-order chi connectivity index (χ1) is 17.2. The Morgan fingerprint density at radius 1 is 1.08 bits per heavy atom. The van der Waals surface area contributed by atoms with E-state index in [1.165, 1.54) is 46.5 Å². The predicted molar refractivity (Wildman–Crippen MR) is 133 cm³/mol. The molecule has 36 heavy (non-hydrogen) atoms. The van der Waals surface area contributed by atoms with E-state index in [1.54, 1.807) is 0 Å². The van der Waals surface area contributed by atoms with Gasteiger partial charge in [0.25, 0.3) is 0 Å². The lowest BCUT2D eigenvalue weighted by Gasteiger charge is -2.24. The zero-order valence-corrected chi connectivity index (χ0v) is 20.3. The van der Waals surface area contributed by atoms with Crippen LogP contribution in [0.3, 0.4) is 0 Å². The third-order valence-corrected chi connectivity index (χ3v) is 6.33. The number of aromatic nitrogens is 2. The summed E-state index contributed by atoms with van der Waals surface area (Å²) in [5, 5.41) is 18.9. The van der Waals surface area contributed by atoms with Crippen molar-refractivity contribution in [3.8, 4) is 5.69 Å². The Kier molecular flexibility index (Phi) is 7.05. The van der Waals surface area contributed by atoms with Gasteiger partial charge in [-0.25, -0.2) is 18.7 Å². The maximum absolute atomic E-state index is 14.7. The zero-order chi connectivity index (χ0) is 26.0. The molecule has 10 heteroatoms. The lowest BCUT2D eigenvalue weighted by Crippen LogP contribution is -2.45. The van der Waals surface area contributed by atoms with Crippen LogP contribution in [0.25, 0.3) is 5.69 Å². The van der Waals surface area contributed by atoms with Gasteiger partial charge in [0.15, 0.2) is 11.6 Å². The summed E-state index contributed by atoms with van der Waals surface area (Å²) in [6.45, 7) is 6.02. The molecule has 188 valence electrons. The van der Waals surface area contributed by atoms with Gasteiger partial charge < -0.3 is 20.6 Å². The first-order valence-electron chi connectivity index (χ1n) is 11.7. The van der Waals surface area contributed by atoms with Gasteiger partial charge >= 0.3 is 12.0 Å². The molecular formula is C26H28FN5O4. The van der Waals surface area contributed by atoms with Crippen LogP contribution in [-0.4, -0.2) is 50.3 Å². The van der Waals surface area contributed by atoms with Crippen molar-refractivity contribution in [2.24, 2.45) is 0 Å². The number of anilines is 2. The van der Waals surface area contributed by atoms with E-state index in [9.17, 15) is 18.8 Å². The Labute approximate surface area is 207 Å². The first-order valence-corrected chi connectivity index (χ1v) is 11.7. The fraction of sp³-hybridized carbons (Fsp3) is 0.308. The van der Waals surface area contributed by atoms with E-state index in [4.69, 9.17) is 5.11 Å². The number of carbonyl (C=O) groups excluding carboxylic acids is 2. The third kappa shape index (κ3) is 5.07. The van der Waals surface area contributed by atoms with E-state index in [1.807, 2.05) is 24.3 Å². The number of nitrogens with zero attached hydrogens (tertiary/aromatic N) is 3. The van der Waals surface area contributed by atoms with Crippen molar-refractivity contribution in [2.75, 3.05) is 17.2 Å². The van der Waals surface area contributed by atoms with Gasteiger partial charge in [-0.2, -0.15) is 0 Å². The Morgan fingerprint density at radius 3 is 2.47 bits per heavy atom. The van der Waals surface area contributed by atoms with Gasteiger partial charge in [-0.3, -0.25) is 4.79 Å². The number of carbonyl (C=O) groups is 3. The minimum absolute atomic E-state index is 0.00691. The van der Waals surface area contributed by atoms with Crippen LogP contribution >= 0.6 is 0 Å². The Balaban J connectivity index is 1.43. The van der Waals surface area contributed by atoms with Crippen molar-refractivity contribution in [1.82, 2.24) is 14.7 Å². The van der Waals surface area contributed by atoms with Gasteiger partial charge in [0, 0.05) is 30.1 Å². The zero-order valence-electron chi connectivity index (χ0n) is 20.3. The minimum atomic E-state index is -1.22. The average Bonchev–Trinajstić information content (AvgIpc) is 3.51. The Hall–Kier alpha value is -4.21. The van der Waals surface area contributed by atoms with E-state index >= 15 is 0 Å². The molecule has 9 nitrogen and oxygen atoms in total. The quantitative estimate of drug-likeness (QED) is 0.457. The molecule has 0 aliphatic carbocycles. The second-order valence-corrected chi connectivity index (χ2v) is 9.07. The predicted octanol–water partition coefficient (Wildman–Crippen LogP) is 4.78. The lowest BCUT2D eigenvalue weighted by molar-refractivity contribution is -0.119. The Morgan fingerprint density at radius 2 is 1.81 bits per heavy atom. The van der Waals surface area contributed by atoms with Crippen molar-refractivity contribution >= 4 is 29.4 Å². The van der Waals surface area contributed by atoms with E-state index in [0.29, 0.717) is 31.0 Å². The maximum Gasteiger partial charge on any atom is 0.336 e. The number of likely N-dealkylation sites (tertiary alicyclic amines) is 1. The second-order valence-electron chi connectivity index (χ2n) is 9.07. The molecule has 0 bridgehead atoms. The summed E-state index contributed by atoms with van der Waals surface area (Å²) < 4.78 is 16.0. The number of aromatic carboxylic acids is 1. The van der Waals surface area contributed by atoms with Gasteiger partial charge in [-0.15, -0.1) is 5.10 Å². The van der Waals surface area contributed by atoms with Crippen LogP contribution in [0, 0.1) is 12.7 Å². The average molecular weight is 494 g/mol. The fourth-order valence-corrected chi connectivity index (χ4v) is 4.24. The van der Waals surface area contributed by atoms with Crippen LogP contribution in [0.15, 0.2) is 48.7 Å². The molecule has 1 aromatic heterocycles. The number of carboxylic acids is 1. The number of carboxylic acid groups (broad SMARTS) is 1. The van der Waals surface area contributed by atoms with Gasteiger partial charge in [0.1, 0.15) is 11.7 Å². The summed E-state index contributed by atoms with van der Waals surface area (Å²) in [6, 6.07) is 10.7. The van der Waals surface area contributed by atoms with E-state index in [0.717, 1.165) is 0 Å². The molecule has 2 heterocycles. The number of amides is 3. The number of urea groups is 1. The monoisotopic (exact) mass is 493 g/mol. The topological polar surface area (TPSA) is 117 Å². The molecule has 3 N–H and O–H groups in total. The lowest BCUT2D eigenvalue weighted by atomic mass is 10.0. The molecule has 3 aromatic rings. The summed E-state index contributed by atoms with van der Waals surface area (Å²) in [5.41, 5.74) is 1.74. The van der Waals surface area contributed by atoms with E-state index < -0.39 is 17.8 Å². The molecule has 1 fully saturated rings. The molecule has 1 aliphatic rings. The Bertz CT molecular complexity index is 1300. The second kappa shape index (κ2) is 10.2. The number of rotatable bonds is 6. The molecule has 3 amide bonds. The van der Waals surface area contributed by atoms with Gasteiger partial charge in [0.2, 0.25) is 5.91 Å². The number of halogens is 1. The molecule has 1 unspecified atom stereocenters. The van der Waals surface area contributed by atoms with Gasteiger partial charge in [0.05, 0.1) is 5.56 Å². The van der Waals surface area contributed by atoms with Crippen molar-refractivity contribution in [3.63, 3.8) is 0 Å². The fourth-order valence-electron chi connectivity index (χ4n) is 4.24. The van der Waals surface area contributed by atoms with E-state index in [2.05, 4.69) is 29.6 Å². The SMILES string of the molecule is Cc1c(C(=O)O)ccc(-n2ccc(NC(=O)C3CCCN3C(=O)Nc3ccc(C(C)C)cc3)n2)c1F. The van der Waals surface area contributed by atoms with Crippen LogP contribution in [0.1, 0.15) is 54.1 Å². The number of hydrogen-bond acceptors (Lipinski definition) is 4. The van der Waals surface area contributed by atoms with Gasteiger partial charge in [-0.1, -0.05) is 26.0 Å². The highest BCUT2D eigenvalue weighted by Gasteiger charge is 2.34. The minimum Gasteiger partial charge on any atom is -0.478 e. The molecule has 1 atom stereocenters. The van der Waals surface area contributed by atoms with Crippen LogP contribution in [-0.2, 0) is 4.79 Å². The molecule has 0 spiro atoms. The molecule has 0 saturated carbocycles. The highest BCUT2D eigenvalue weighted by atomic mass is 19.1. The number of hydrogen-bond donors (Lipinski definition) is 3. The van der Waals surface area contributed by atoms with Crippen molar-refractivity contribution in [1.29, 1.82) is 0 Å². The molecule has 0 radical (unpaired) electrons. The van der Waals surface area contributed by atoms with Crippen LogP contribution in [0.2, 0.25) is 0 Å². The number of nitrogens with one attached hydrogen (secondary N) is 2. The largest absolute Gasteiger partial charge is 0.478 e. The standard InChI is InChI=1S/C26H28FN5O4/c1-15(2)17-6-8-18(9-7-17)28-26(36)31-13-4-5-21(31)24(33)29-22-12-14-32(30-22)20-11-10-19(25(34)35)16(3)23(20)27/h6-12,14-15,21H,4-5,13H2,1-3H3,(H,28,36)(H,34,35)(H,29,30,33). The molecule has 1 aliphatic heterocycles. The summed E-state index contributed by atoms with van der Waals surface area (Å²) in [7, 11) is 0. The van der Waals surface area contributed by atoms with Crippen LogP contribution in [0.5, 0.6) is 0 Å². The van der Waals surface area contributed by atoms with Crippen LogP contribution in [0.4, 0.5) is 20.7 Å². The van der Waals surface area contributed by atoms with Crippen molar-refractivity contribution < 1.29 is 23.9 Å². The van der Waals surface area contributed by atoms with E-state index in [-0.39, 0.29) is 34.6 Å². The highest BCUT2D eigenvalue weighted by molar-refractivity contribution is 5.99. The summed E-state index contributed by atoms with van der Waals surface area (Å²) in [5.74, 6) is -1.74. The summed E-state index contributed by atoms with van der Waals surface area (Å²) in [4.78, 5) is 38.5. The number of benzene rings is 2. The molecule has 2 aromatic carbocycles. The first kappa shape index (κ1) is 24.9. The third-order valence-electron chi connectivity index (χ3n) is 6.33. The highest BCUT2D eigenvalue weighted by Crippen LogP contribution is 2.24. The molecule has 1 saturated heterocycles. The summed E-state index contributed by atoms with van der Waals surface area (Å²) in [6.07, 6.45) is 2.66. The molecule has 4 rings (SSSR count). The maximum atomic E-state index is 14.7. The van der Waals surface area contributed by atoms with Crippen molar-refractivity contribution in [3.05, 3.63) is 71.2 Å².